The molecule has 0 saturated carbocycles. The molecule has 0 atom stereocenters. The Hall–Kier alpha value is -2.36. The molecule has 2 aromatic heterocycles. The van der Waals surface area contributed by atoms with Crippen LogP contribution in [-0.2, 0) is 4.79 Å². The fourth-order valence-electron chi connectivity index (χ4n) is 1.87. The van der Waals surface area contributed by atoms with Gasteiger partial charge in [-0.05, 0) is 12.1 Å². The van der Waals surface area contributed by atoms with Crippen molar-refractivity contribution < 1.29 is 4.79 Å². The van der Waals surface area contributed by atoms with Gasteiger partial charge in [0.25, 0.3) is 0 Å². The SMILES string of the molecule is O=Cn1c(-n2ccnc2)cc2ccccc21. The van der Waals surface area contributed by atoms with E-state index in [1.165, 1.54) is 0 Å². The van der Waals surface area contributed by atoms with Gasteiger partial charge in [0.2, 0.25) is 6.41 Å². The van der Waals surface area contributed by atoms with E-state index in [1.807, 2.05) is 41.1 Å². The maximum atomic E-state index is 11.1. The summed E-state index contributed by atoms with van der Waals surface area (Å²) in [6.07, 6.45) is 5.99. The first-order chi connectivity index (χ1) is 7.90. The van der Waals surface area contributed by atoms with Crippen molar-refractivity contribution in [3.8, 4) is 5.82 Å². The number of aromatic nitrogens is 3. The smallest absolute Gasteiger partial charge is 0.219 e. The van der Waals surface area contributed by atoms with Crippen LogP contribution in [0.2, 0.25) is 0 Å². The molecule has 0 bridgehead atoms. The van der Waals surface area contributed by atoms with Gasteiger partial charge in [0.05, 0.1) is 5.52 Å². The molecule has 0 saturated heterocycles. The minimum atomic E-state index is 0.800. The normalized spacial score (nSPS) is 10.8. The standard InChI is InChI=1S/C12H9N3O/c16-9-15-11-4-2-1-3-10(11)7-12(15)14-6-5-13-8-14/h1-9H. The summed E-state index contributed by atoms with van der Waals surface area (Å²) < 4.78 is 3.42. The van der Waals surface area contributed by atoms with Crippen LogP contribution < -0.4 is 0 Å². The molecule has 0 aliphatic carbocycles. The van der Waals surface area contributed by atoms with Gasteiger partial charge in [0.1, 0.15) is 12.1 Å². The molecule has 16 heavy (non-hydrogen) atoms. The number of hydrogen-bond donors (Lipinski definition) is 0. The van der Waals surface area contributed by atoms with Crippen LogP contribution in [0.15, 0.2) is 49.1 Å². The zero-order valence-electron chi connectivity index (χ0n) is 8.45. The molecule has 0 amide bonds. The predicted octanol–water partition coefficient (Wildman–Crippen LogP) is 1.87. The van der Waals surface area contributed by atoms with Gasteiger partial charge >= 0.3 is 0 Å². The van der Waals surface area contributed by atoms with E-state index in [9.17, 15) is 4.79 Å². The van der Waals surface area contributed by atoms with Crippen LogP contribution >= 0.6 is 0 Å². The number of carbonyl (C=O) groups is 1. The van der Waals surface area contributed by atoms with Gasteiger partial charge in [0, 0.05) is 17.8 Å². The van der Waals surface area contributed by atoms with Crippen molar-refractivity contribution in [2.75, 3.05) is 0 Å². The Morgan fingerprint density at radius 1 is 1.25 bits per heavy atom. The molecule has 3 aromatic rings. The Balaban J connectivity index is 2.37. The molecule has 0 spiro atoms. The van der Waals surface area contributed by atoms with E-state index in [1.54, 1.807) is 17.1 Å². The lowest BCUT2D eigenvalue weighted by molar-refractivity contribution is 0.548. The van der Waals surface area contributed by atoms with Gasteiger partial charge in [-0.25, -0.2) is 4.98 Å². The molecule has 0 fully saturated rings. The van der Waals surface area contributed by atoms with Crippen LogP contribution in [0.3, 0.4) is 0 Å². The van der Waals surface area contributed by atoms with Crippen molar-refractivity contribution in [3.05, 3.63) is 49.1 Å². The molecule has 78 valence electrons. The predicted molar refractivity (Wildman–Crippen MR) is 61.2 cm³/mol. The van der Waals surface area contributed by atoms with Crippen molar-refractivity contribution in [3.63, 3.8) is 0 Å². The number of fused-ring (bicyclic) bond motifs is 1. The summed E-state index contributed by atoms with van der Waals surface area (Å²) in [4.78, 5) is 15.1. The van der Waals surface area contributed by atoms with E-state index in [-0.39, 0.29) is 0 Å². The molecule has 4 nitrogen and oxygen atoms in total. The largest absolute Gasteiger partial charge is 0.292 e. The van der Waals surface area contributed by atoms with Crippen LogP contribution in [-0.4, -0.2) is 20.5 Å². The molecule has 4 heteroatoms. The molecular weight excluding hydrogens is 202 g/mol. The van der Waals surface area contributed by atoms with Crippen LogP contribution in [0.1, 0.15) is 0 Å². The molecule has 0 radical (unpaired) electrons. The van der Waals surface area contributed by atoms with E-state index in [0.717, 1.165) is 23.1 Å². The Bertz CT molecular complexity index is 637. The number of para-hydroxylation sites is 1. The highest BCUT2D eigenvalue weighted by atomic mass is 16.1. The number of nitrogens with zero attached hydrogens (tertiary/aromatic N) is 3. The molecule has 0 aliphatic rings. The van der Waals surface area contributed by atoms with Gasteiger partial charge in [0.15, 0.2) is 0 Å². The fourth-order valence-corrected chi connectivity index (χ4v) is 1.87. The van der Waals surface area contributed by atoms with Crippen molar-refractivity contribution in [2.24, 2.45) is 0 Å². The summed E-state index contributed by atoms with van der Waals surface area (Å²) in [6, 6.07) is 9.74. The number of hydrogen-bond acceptors (Lipinski definition) is 2. The number of benzene rings is 1. The molecule has 0 aliphatic heterocycles. The molecule has 0 unspecified atom stereocenters. The quantitative estimate of drug-likeness (QED) is 0.607. The van der Waals surface area contributed by atoms with Crippen LogP contribution in [0.25, 0.3) is 16.7 Å². The summed E-state index contributed by atoms with van der Waals surface area (Å²) in [7, 11) is 0. The number of imidazole rings is 1. The Morgan fingerprint density at radius 2 is 2.12 bits per heavy atom. The van der Waals surface area contributed by atoms with Crippen molar-refractivity contribution in [2.45, 2.75) is 0 Å². The summed E-state index contributed by atoms with van der Waals surface area (Å²) in [6.45, 7) is 0. The molecule has 1 aromatic carbocycles. The van der Waals surface area contributed by atoms with Crippen LogP contribution in [0.5, 0.6) is 0 Å². The summed E-state index contributed by atoms with van der Waals surface area (Å²) in [5.74, 6) is 0.800. The van der Waals surface area contributed by atoms with E-state index in [2.05, 4.69) is 4.98 Å². The van der Waals surface area contributed by atoms with Gasteiger partial charge in [-0.15, -0.1) is 0 Å². The molecule has 2 heterocycles. The van der Waals surface area contributed by atoms with Crippen molar-refractivity contribution in [1.29, 1.82) is 0 Å². The molecular formula is C12H9N3O. The second-order valence-corrected chi connectivity index (χ2v) is 3.51. The lowest BCUT2D eigenvalue weighted by atomic mass is 10.2. The highest BCUT2D eigenvalue weighted by Crippen LogP contribution is 2.20. The second-order valence-electron chi connectivity index (χ2n) is 3.51. The number of carbonyl (C=O) groups excluding carboxylic acids is 1. The first-order valence-electron chi connectivity index (χ1n) is 4.94. The summed E-state index contributed by atoms with van der Waals surface area (Å²) >= 11 is 0. The van der Waals surface area contributed by atoms with Crippen molar-refractivity contribution >= 4 is 17.3 Å². The lowest BCUT2D eigenvalue weighted by Gasteiger charge is -2.02. The van der Waals surface area contributed by atoms with E-state index < -0.39 is 0 Å². The first-order valence-corrected chi connectivity index (χ1v) is 4.94. The first kappa shape index (κ1) is 8.91. The van der Waals surface area contributed by atoms with Gasteiger partial charge in [-0.1, -0.05) is 18.2 Å². The minimum absolute atomic E-state index is 0.800. The van der Waals surface area contributed by atoms with Crippen molar-refractivity contribution in [1.82, 2.24) is 14.1 Å². The summed E-state index contributed by atoms with van der Waals surface area (Å²) in [5.41, 5.74) is 0.904. The minimum Gasteiger partial charge on any atom is -0.292 e. The Morgan fingerprint density at radius 3 is 2.88 bits per heavy atom. The van der Waals surface area contributed by atoms with Gasteiger partial charge < -0.3 is 0 Å². The third-order valence-corrected chi connectivity index (χ3v) is 2.60. The molecule has 0 N–H and O–H groups in total. The van der Waals surface area contributed by atoms with E-state index in [4.69, 9.17) is 0 Å². The highest BCUT2D eigenvalue weighted by molar-refractivity contribution is 5.88. The maximum absolute atomic E-state index is 11.1. The Labute approximate surface area is 91.8 Å². The summed E-state index contributed by atoms with van der Waals surface area (Å²) in [5, 5.41) is 1.04. The topological polar surface area (TPSA) is 39.8 Å². The second kappa shape index (κ2) is 3.34. The third kappa shape index (κ3) is 1.16. The monoisotopic (exact) mass is 211 g/mol. The average Bonchev–Trinajstić information content (AvgIpc) is 2.95. The zero-order valence-corrected chi connectivity index (χ0v) is 8.45. The van der Waals surface area contributed by atoms with Gasteiger partial charge in [-0.2, -0.15) is 0 Å². The number of rotatable bonds is 2. The Kier molecular flexibility index (Phi) is 1.86. The third-order valence-electron chi connectivity index (χ3n) is 2.60. The van der Waals surface area contributed by atoms with E-state index in [0.29, 0.717) is 0 Å². The molecule has 3 rings (SSSR count). The fraction of sp³-hybridized carbons (Fsp3) is 0. The highest BCUT2D eigenvalue weighted by Gasteiger charge is 2.08. The van der Waals surface area contributed by atoms with Gasteiger partial charge in [-0.3, -0.25) is 13.9 Å². The zero-order chi connectivity index (χ0) is 11.0. The average molecular weight is 211 g/mol. The van der Waals surface area contributed by atoms with Crippen LogP contribution in [0, 0.1) is 0 Å². The maximum Gasteiger partial charge on any atom is 0.219 e. The van der Waals surface area contributed by atoms with Crippen LogP contribution in [0.4, 0.5) is 0 Å². The van der Waals surface area contributed by atoms with E-state index >= 15 is 0 Å². The lowest BCUT2D eigenvalue weighted by Crippen LogP contribution is -2.02.